The van der Waals surface area contributed by atoms with Gasteiger partial charge in [-0.1, -0.05) is 31.2 Å². The molecule has 1 aliphatic carbocycles. The van der Waals surface area contributed by atoms with E-state index in [1.807, 2.05) is 19.1 Å². The van der Waals surface area contributed by atoms with Crippen molar-refractivity contribution in [2.75, 3.05) is 13.2 Å². The van der Waals surface area contributed by atoms with Gasteiger partial charge in [0.05, 0.1) is 12.2 Å². The van der Waals surface area contributed by atoms with E-state index < -0.39 is 5.60 Å². The van der Waals surface area contributed by atoms with E-state index in [0.717, 1.165) is 0 Å². The number of Topliss-reactive ketones (excluding diaryl/α,β-unsaturated/α-hetero) is 1. The molecule has 1 aromatic carbocycles. The van der Waals surface area contributed by atoms with Crippen LogP contribution in [0.5, 0.6) is 5.75 Å². The van der Waals surface area contributed by atoms with Crippen molar-refractivity contribution in [1.29, 1.82) is 0 Å². The third-order valence-corrected chi connectivity index (χ3v) is 3.99. The first-order chi connectivity index (χ1) is 10.5. The molecule has 0 saturated carbocycles. The number of rotatable bonds is 6. The number of aliphatic hydroxyl groups is 2. The molecule has 3 unspecified atom stereocenters. The van der Waals surface area contributed by atoms with Crippen molar-refractivity contribution in [1.82, 2.24) is 0 Å². The molecule has 0 spiro atoms. The van der Waals surface area contributed by atoms with Gasteiger partial charge in [-0.3, -0.25) is 4.79 Å². The Morgan fingerprint density at radius 3 is 2.59 bits per heavy atom. The summed E-state index contributed by atoms with van der Waals surface area (Å²) in [5, 5.41) is 19.1. The molecule has 1 aliphatic rings. The van der Waals surface area contributed by atoms with Crippen LogP contribution >= 0.6 is 0 Å². The Morgan fingerprint density at radius 1 is 1.32 bits per heavy atom. The molecule has 118 valence electrons. The van der Waals surface area contributed by atoms with Crippen LogP contribution in [0.2, 0.25) is 0 Å². The van der Waals surface area contributed by atoms with E-state index in [2.05, 4.69) is 0 Å². The first-order valence-corrected chi connectivity index (χ1v) is 7.42. The van der Waals surface area contributed by atoms with Crippen molar-refractivity contribution in [2.45, 2.75) is 19.4 Å². The van der Waals surface area contributed by atoms with Crippen LogP contribution in [0.25, 0.3) is 0 Å². The van der Waals surface area contributed by atoms with E-state index in [-0.39, 0.29) is 30.8 Å². The van der Waals surface area contributed by atoms with Gasteiger partial charge in [-0.05, 0) is 31.2 Å². The Kier molecular flexibility index (Phi) is 5.16. The molecule has 0 bridgehead atoms. The maximum atomic E-state index is 12.6. The minimum absolute atomic E-state index is 0.0149. The second kappa shape index (κ2) is 6.90. The van der Waals surface area contributed by atoms with Crippen molar-refractivity contribution in [3.8, 4) is 5.75 Å². The predicted molar refractivity (Wildman–Crippen MR) is 84.9 cm³/mol. The summed E-state index contributed by atoms with van der Waals surface area (Å²) in [5.74, 6) is 0.0143. The van der Waals surface area contributed by atoms with Gasteiger partial charge in [0.2, 0.25) is 0 Å². The molecule has 4 nitrogen and oxygen atoms in total. The molecule has 1 aromatic rings. The van der Waals surface area contributed by atoms with Gasteiger partial charge in [-0.15, -0.1) is 0 Å². The zero-order valence-electron chi connectivity index (χ0n) is 12.9. The van der Waals surface area contributed by atoms with Crippen LogP contribution in [0.3, 0.4) is 0 Å². The first-order valence-electron chi connectivity index (χ1n) is 7.42. The highest BCUT2D eigenvalue weighted by Gasteiger charge is 2.36. The van der Waals surface area contributed by atoms with E-state index >= 15 is 0 Å². The number of ketones is 1. The predicted octanol–water partition coefficient (Wildman–Crippen LogP) is 2.37. The average molecular weight is 302 g/mol. The summed E-state index contributed by atoms with van der Waals surface area (Å²) in [5.41, 5.74) is -0.434. The highest BCUT2D eigenvalue weighted by atomic mass is 16.5. The monoisotopic (exact) mass is 302 g/mol. The van der Waals surface area contributed by atoms with E-state index in [1.54, 1.807) is 43.3 Å². The number of allylic oxidation sites excluding steroid dienone is 2. The fourth-order valence-corrected chi connectivity index (χ4v) is 2.72. The summed E-state index contributed by atoms with van der Waals surface area (Å²) in [6, 6.07) is 6.85. The standard InChI is InChI=1S/C18H22O4/c1-13(16-5-3-4-10-18(16,2)21)17(20)14-6-8-15(9-7-14)22-12-11-19/h3-10,13,16,19,21H,11-12H2,1-2H3. The molecule has 0 aromatic heterocycles. The molecule has 0 saturated heterocycles. The smallest absolute Gasteiger partial charge is 0.166 e. The van der Waals surface area contributed by atoms with Crippen molar-refractivity contribution in [2.24, 2.45) is 11.8 Å². The first kappa shape index (κ1) is 16.5. The van der Waals surface area contributed by atoms with Gasteiger partial charge < -0.3 is 14.9 Å². The zero-order valence-corrected chi connectivity index (χ0v) is 12.9. The minimum Gasteiger partial charge on any atom is -0.491 e. The molecule has 3 atom stereocenters. The molecule has 0 radical (unpaired) electrons. The Morgan fingerprint density at radius 2 is 2.00 bits per heavy atom. The maximum absolute atomic E-state index is 12.6. The quantitative estimate of drug-likeness (QED) is 0.792. The fraction of sp³-hybridized carbons (Fsp3) is 0.389. The average Bonchev–Trinajstić information content (AvgIpc) is 2.51. The van der Waals surface area contributed by atoms with E-state index in [0.29, 0.717) is 11.3 Å². The molecule has 0 fully saturated rings. The Hall–Kier alpha value is -1.91. The van der Waals surface area contributed by atoms with Gasteiger partial charge >= 0.3 is 0 Å². The lowest BCUT2D eigenvalue weighted by molar-refractivity contribution is 0.0384. The van der Waals surface area contributed by atoms with E-state index in [4.69, 9.17) is 9.84 Å². The molecule has 0 aliphatic heterocycles. The summed E-state index contributed by atoms with van der Waals surface area (Å²) in [6.07, 6.45) is 7.24. The summed E-state index contributed by atoms with van der Waals surface area (Å²) < 4.78 is 5.28. The summed E-state index contributed by atoms with van der Waals surface area (Å²) in [4.78, 5) is 12.6. The Bertz CT molecular complexity index is 569. The van der Waals surface area contributed by atoms with Crippen LogP contribution in [0.15, 0.2) is 48.6 Å². The molecule has 0 heterocycles. The third kappa shape index (κ3) is 3.64. The molecule has 2 rings (SSSR count). The summed E-state index contributed by atoms with van der Waals surface area (Å²) >= 11 is 0. The zero-order chi connectivity index (χ0) is 16.2. The fourth-order valence-electron chi connectivity index (χ4n) is 2.72. The van der Waals surface area contributed by atoms with Crippen LogP contribution in [0.4, 0.5) is 0 Å². The van der Waals surface area contributed by atoms with Crippen LogP contribution < -0.4 is 4.74 Å². The second-order valence-corrected chi connectivity index (χ2v) is 5.74. The molecular formula is C18H22O4. The van der Waals surface area contributed by atoms with Gasteiger partial charge in [0.15, 0.2) is 5.78 Å². The van der Waals surface area contributed by atoms with Gasteiger partial charge in [-0.25, -0.2) is 0 Å². The lowest BCUT2D eigenvalue weighted by atomic mass is 9.75. The number of aliphatic hydroxyl groups excluding tert-OH is 1. The van der Waals surface area contributed by atoms with E-state index in [1.165, 1.54) is 0 Å². The van der Waals surface area contributed by atoms with E-state index in [9.17, 15) is 9.90 Å². The summed E-state index contributed by atoms with van der Waals surface area (Å²) in [6.45, 7) is 3.73. The topological polar surface area (TPSA) is 66.8 Å². The number of hydrogen-bond donors (Lipinski definition) is 2. The van der Waals surface area contributed by atoms with Crippen LogP contribution in [0.1, 0.15) is 24.2 Å². The number of hydrogen-bond acceptors (Lipinski definition) is 4. The van der Waals surface area contributed by atoms with Gasteiger partial charge in [0, 0.05) is 17.4 Å². The lowest BCUT2D eigenvalue weighted by Crippen LogP contribution is -2.39. The van der Waals surface area contributed by atoms with Crippen molar-refractivity contribution < 1.29 is 19.7 Å². The molecular weight excluding hydrogens is 280 g/mol. The van der Waals surface area contributed by atoms with Gasteiger partial charge in [0.25, 0.3) is 0 Å². The SMILES string of the molecule is CC(C(=O)c1ccc(OCCO)cc1)C1C=CC=CC1(C)O. The molecule has 22 heavy (non-hydrogen) atoms. The van der Waals surface area contributed by atoms with Crippen LogP contribution in [-0.4, -0.2) is 34.8 Å². The Balaban J connectivity index is 2.10. The number of ether oxygens (including phenoxy) is 1. The van der Waals surface area contributed by atoms with Crippen molar-refractivity contribution in [3.63, 3.8) is 0 Å². The lowest BCUT2D eigenvalue weighted by Gasteiger charge is -2.33. The van der Waals surface area contributed by atoms with Gasteiger partial charge in [0.1, 0.15) is 12.4 Å². The summed E-state index contributed by atoms with van der Waals surface area (Å²) in [7, 11) is 0. The highest BCUT2D eigenvalue weighted by molar-refractivity contribution is 5.98. The largest absolute Gasteiger partial charge is 0.491 e. The number of carbonyl (C=O) groups excluding carboxylic acids is 1. The molecule has 4 heteroatoms. The van der Waals surface area contributed by atoms with Crippen molar-refractivity contribution >= 4 is 5.78 Å². The van der Waals surface area contributed by atoms with Crippen LogP contribution in [0, 0.1) is 11.8 Å². The third-order valence-electron chi connectivity index (χ3n) is 3.99. The second-order valence-electron chi connectivity index (χ2n) is 5.74. The number of carbonyl (C=O) groups is 1. The molecule has 0 amide bonds. The van der Waals surface area contributed by atoms with Crippen LogP contribution in [-0.2, 0) is 0 Å². The number of benzene rings is 1. The Labute approximate surface area is 130 Å². The van der Waals surface area contributed by atoms with Crippen molar-refractivity contribution in [3.05, 3.63) is 54.1 Å². The molecule has 2 N–H and O–H groups in total. The maximum Gasteiger partial charge on any atom is 0.166 e. The minimum atomic E-state index is -1.02. The van der Waals surface area contributed by atoms with Gasteiger partial charge in [-0.2, -0.15) is 0 Å². The normalized spacial score (nSPS) is 25.0. The highest BCUT2D eigenvalue weighted by Crippen LogP contribution is 2.32.